The largest absolute Gasteiger partial charge is 0.399 e. The van der Waals surface area contributed by atoms with Gasteiger partial charge in [0.1, 0.15) is 0 Å². The zero-order valence-corrected chi connectivity index (χ0v) is 30.0. The lowest BCUT2D eigenvalue weighted by atomic mass is 9.82. The van der Waals surface area contributed by atoms with Crippen LogP contribution < -0.4 is 16.0 Å². The van der Waals surface area contributed by atoms with Crippen molar-refractivity contribution in [1.29, 1.82) is 0 Å². The normalized spacial score (nSPS) is 24.1. The fraction of sp³-hybridized carbons (Fsp3) is 0.325. The van der Waals surface area contributed by atoms with Crippen LogP contribution in [0.1, 0.15) is 46.0 Å². The zero-order chi connectivity index (χ0) is 36.1. The fourth-order valence-electron chi connectivity index (χ4n) is 8.42. The molecule has 4 aromatic carbocycles. The van der Waals surface area contributed by atoms with Crippen molar-refractivity contribution >= 4 is 43.2 Å². The highest BCUT2D eigenvalue weighted by Crippen LogP contribution is 2.60. The Labute approximate surface area is 298 Å². The summed E-state index contributed by atoms with van der Waals surface area (Å²) in [5.74, 6) is -1.56. The number of nitrogens with two attached hydrogens (primary N) is 1. The molecular weight excluding hydrogens is 664 g/mol. The van der Waals surface area contributed by atoms with Crippen LogP contribution in [0.15, 0.2) is 97.1 Å². The van der Waals surface area contributed by atoms with Gasteiger partial charge in [0.15, 0.2) is 5.60 Å². The first-order valence-electron chi connectivity index (χ1n) is 17.4. The average Bonchev–Trinajstić information content (AvgIpc) is 3.54. The van der Waals surface area contributed by atoms with E-state index >= 15 is 4.11 Å². The Morgan fingerprint density at radius 1 is 1.00 bits per heavy atom. The first-order valence-corrected chi connectivity index (χ1v) is 20.4. The second kappa shape index (κ2) is 13.4. The number of ether oxygens (including phenoxy) is 1. The Hall–Kier alpha value is -4.84. The number of benzene rings is 4. The number of hydrogen-bond acceptors (Lipinski definition) is 6. The van der Waals surface area contributed by atoms with Crippen molar-refractivity contribution < 1.29 is 28.3 Å². The van der Waals surface area contributed by atoms with Crippen molar-refractivity contribution in [2.45, 2.75) is 69.2 Å². The van der Waals surface area contributed by atoms with Gasteiger partial charge >= 0.3 is 0 Å². The summed E-state index contributed by atoms with van der Waals surface area (Å²) in [6.45, 7) is 5.45. The zero-order valence-electron chi connectivity index (χ0n) is 29.0. The van der Waals surface area contributed by atoms with Crippen LogP contribution in [0.2, 0.25) is 18.6 Å². The first-order chi connectivity index (χ1) is 24.4. The number of nitrogen functional groups attached to an aromatic ring is 1. The van der Waals surface area contributed by atoms with Crippen LogP contribution in [-0.4, -0.2) is 54.9 Å². The minimum Gasteiger partial charge on any atom is -0.399 e. The number of fused-ring (bicyclic) bond motifs is 3. The third-order valence-electron chi connectivity index (χ3n) is 10.8. The average molecular weight is 707 g/mol. The smallest absolute Gasteiger partial charge is 0.264 e. The van der Waals surface area contributed by atoms with Crippen LogP contribution in [0, 0.1) is 5.92 Å². The molecule has 0 radical (unpaired) electrons. The molecule has 3 amide bonds. The van der Waals surface area contributed by atoms with Crippen molar-refractivity contribution in [3.63, 3.8) is 0 Å². The van der Waals surface area contributed by atoms with Gasteiger partial charge < -0.3 is 34.8 Å². The van der Waals surface area contributed by atoms with E-state index in [0.29, 0.717) is 41.2 Å². The maximum Gasteiger partial charge on any atom is 0.264 e. The van der Waals surface area contributed by atoms with E-state index in [4.69, 9.17) is 10.5 Å². The highest BCUT2D eigenvalue weighted by Gasteiger charge is 2.67. The maximum absolute atomic E-state index is 16.6. The predicted molar refractivity (Wildman–Crippen MR) is 197 cm³/mol. The van der Waals surface area contributed by atoms with E-state index in [-0.39, 0.29) is 37.3 Å². The van der Waals surface area contributed by atoms with Gasteiger partial charge in [-0.1, -0.05) is 61.5 Å². The van der Waals surface area contributed by atoms with Crippen LogP contribution in [0.5, 0.6) is 0 Å². The van der Waals surface area contributed by atoms with Crippen molar-refractivity contribution in [2.24, 2.45) is 5.92 Å². The molecule has 0 aliphatic carbocycles. The highest BCUT2D eigenvalue weighted by atomic mass is 28.4. The number of aliphatic hydroxyl groups is 1. The molecule has 51 heavy (non-hydrogen) atoms. The fourth-order valence-corrected chi connectivity index (χ4v) is 10.9. The Morgan fingerprint density at radius 3 is 2.37 bits per heavy atom. The second-order valence-electron chi connectivity index (χ2n) is 14.5. The van der Waals surface area contributed by atoms with Gasteiger partial charge in [0, 0.05) is 40.5 Å². The number of aliphatic hydroxyl groups excluding tert-OH is 1. The van der Waals surface area contributed by atoms with E-state index in [1.54, 1.807) is 65.4 Å². The molecule has 3 aliphatic rings. The van der Waals surface area contributed by atoms with Gasteiger partial charge in [-0.2, -0.15) is 0 Å². The van der Waals surface area contributed by atoms with Gasteiger partial charge in [-0.05, 0) is 78.7 Å². The van der Waals surface area contributed by atoms with E-state index in [1.165, 1.54) is 0 Å². The van der Waals surface area contributed by atoms with Crippen molar-refractivity contribution in [3.8, 4) is 0 Å². The standard InChI is InChI=1S/C40H43FN4O5Si/c1-25-37(51(2,3)41)35(21-36(47)44-23-29-12-8-7-11-28(29)19-32(44)24-46)50-40(25)33-20-31(43-38(48)27-13-15-30(42)16-14-27)17-18-34(33)45(39(40)49)22-26-9-5-4-6-10-26/h4-18,20,25,32,35,37,46H,19,21-24,42H2,1-3H3,(H,43,48)/t25-,32-,35+,37-,40+/m0/s1. The quantitative estimate of drug-likeness (QED) is 0.114. The molecular formula is C40H43FN4O5Si. The second-order valence-corrected chi connectivity index (χ2v) is 18.3. The number of nitrogens with one attached hydrogen (secondary N) is 1. The summed E-state index contributed by atoms with van der Waals surface area (Å²) in [4.78, 5) is 45.6. The van der Waals surface area contributed by atoms with E-state index in [0.717, 1.165) is 16.7 Å². The maximum atomic E-state index is 16.6. The molecule has 4 aromatic rings. The lowest BCUT2D eigenvalue weighted by Crippen LogP contribution is -2.48. The lowest BCUT2D eigenvalue weighted by molar-refractivity contribution is -0.151. The van der Waals surface area contributed by atoms with Crippen molar-refractivity contribution in [3.05, 3.63) is 125 Å². The molecule has 7 rings (SSSR count). The minimum atomic E-state index is -3.57. The van der Waals surface area contributed by atoms with Crippen LogP contribution in [0.3, 0.4) is 0 Å². The summed E-state index contributed by atoms with van der Waals surface area (Å²) in [5.41, 5.74) is 9.07. The Morgan fingerprint density at radius 2 is 1.69 bits per heavy atom. The predicted octanol–water partition coefficient (Wildman–Crippen LogP) is 6.18. The molecule has 3 heterocycles. The molecule has 1 saturated heterocycles. The minimum absolute atomic E-state index is 0.134. The number of rotatable bonds is 8. The Bertz CT molecular complexity index is 1970. The number of carbonyl (C=O) groups excluding carboxylic acids is 3. The van der Waals surface area contributed by atoms with Gasteiger partial charge in [0.2, 0.25) is 14.3 Å². The van der Waals surface area contributed by atoms with Gasteiger partial charge in [0.05, 0.1) is 37.4 Å². The third kappa shape index (κ3) is 6.23. The third-order valence-corrected chi connectivity index (χ3v) is 13.3. The van der Waals surface area contributed by atoms with E-state index in [9.17, 15) is 19.5 Å². The summed E-state index contributed by atoms with van der Waals surface area (Å²) < 4.78 is 23.5. The lowest BCUT2D eigenvalue weighted by Gasteiger charge is -2.37. The molecule has 1 spiro atoms. The van der Waals surface area contributed by atoms with Crippen LogP contribution in [0.4, 0.5) is 21.2 Å². The van der Waals surface area contributed by atoms with Crippen LogP contribution in [0.25, 0.3) is 0 Å². The topological polar surface area (TPSA) is 125 Å². The van der Waals surface area contributed by atoms with E-state index in [2.05, 4.69) is 5.32 Å². The van der Waals surface area contributed by atoms with Crippen molar-refractivity contribution in [1.82, 2.24) is 4.90 Å². The van der Waals surface area contributed by atoms with Crippen LogP contribution in [-0.2, 0) is 39.4 Å². The first kappa shape index (κ1) is 34.6. The number of carbonyl (C=O) groups is 3. The summed E-state index contributed by atoms with van der Waals surface area (Å²) in [6, 6.07) is 28.9. The molecule has 0 aromatic heterocycles. The molecule has 9 nitrogen and oxygen atoms in total. The summed E-state index contributed by atoms with van der Waals surface area (Å²) in [5, 5.41) is 13.2. The van der Waals surface area contributed by atoms with Gasteiger partial charge in [-0.15, -0.1) is 0 Å². The molecule has 5 atom stereocenters. The SMILES string of the molecule is C[C@H]1[C@H]([Si](C)(C)F)[C@@H](CC(=O)N2Cc3ccccc3C[C@H]2CO)O[C@]12C(=O)N(Cc1ccccc1)c1ccc(NC(=O)c3ccc(N)cc3)cc12. The summed E-state index contributed by atoms with van der Waals surface area (Å²) >= 11 is 0. The molecule has 1 fully saturated rings. The van der Waals surface area contributed by atoms with Crippen molar-refractivity contribution in [2.75, 3.05) is 22.6 Å². The molecule has 0 saturated carbocycles. The molecule has 264 valence electrons. The van der Waals surface area contributed by atoms with Gasteiger partial charge in [-0.25, -0.2) is 0 Å². The molecule has 11 heteroatoms. The Balaban J connectivity index is 1.26. The monoisotopic (exact) mass is 706 g/mol. The molecule has 0 unspecified atom stereocenters. The summed E-state index contributed by atoms with van der Waals surface area (Å²) in [6.07, 6.45) is -0.510. The van der Waals surface area contributed by atoms with Gasteiger partial charge in [0.25, 0.3) is 11.8 Å². The molecule has 3 aliphatic heterocycles. The molecule has 0 bridgehead atoms. The summed E-state index contributed by atoms with van der Waals surface area (Å²) in [7, 11) is -3.57. The number of nitrogens with zero attached hydrogens (tertiary/aromatic N) is 2. The number of anilines is 3. The van der Waals surface area contributed by atoms with E-state index in [1.807, 2.05) is 61.5 Å². The van der Waals surface area contributed by atoms with Gasteiger partial charge in [-0.3, -0.25) is 14.4 Å². The highest BCUT2D eigenvalue weighted by molar-refractivity contribution is 6.72. The Kier molecular flexibility index (Phi) is 9.07. The number of halogens is 1. The number of hydrogen-bond donors (Lipinski definition) is 3. The molecule has 4 N–H and O–H groups in total. The van der Waals surface area contributed by atoms with Crippen LogP contribution >= 0.6 is 0 Å². The number of amides is 3. The van der Waals surface area contributed by atoms with E-state index < -0.39 is 37.6 Å².